The number of ether oxygens (including phenoxy) is 2. The first-order chi connectivity index (χ1) is 16.7. The standard InChI is InChI=1S/C26H32N2O7/c1-18(2)15-22(25(32)35-17-20-11-7-4-8-12-20)28-26(33)27-21(13-14-23(29)30)24(31)34-16-19-9-5-3-6-10-19/h3-12,18,21-22H,13-17H2,1-2H3,(H,29,30)(H2,27,28,33)/t21-,22-/m0/s1. The molecule has 2 aromatic rings. The predicted molar refractivity (Wildman–Crippen MR) is 128 cm³/mol. The summed E-state index contributed by atoms with van der Waals surface area (Å²) in [6.07, 6.45) is -0.192. The normalized spacial score (nSPS) is 12.3. The van der Waals surface area contributed by atoms with Crippen LogP contribution >= 0.6 is 0 Å². The fraction of sp³-hybridized carbons (Fsp3) is 0.385. The lowest BCUT2D eigenvalue weighted by Crippen LogP contribution is -2.52. The summed E-state index contributed by atoms with van der Waals surface area (Å²) in [5.41, 5.74) is 1.56. The van der Waals surface area contributed by atoms with Crippen LogP contribution in [-0.2, 0) is 37.1 Å². The van der Waals surface area contributed by atoms with Crippen molar-refractivity contribution in [1.29, 1.82) is 0 Å². The Kier molecular flexibility index (Phi) is 11.3. The Hall–Kier alpha value is -3.88. The highest BCUT2D eigenvalue weighted by Gasteiger charge is 2.27. The number of hydrogen-bond donors (Lipinski definition) is 3. The van der Waals surface area contributed by atoms with Gasteiger partial charge in [-0.1, -0.05) is 74.5 Å². The van der Waals surface area contributed by atoms with E-state index in [1.165, 1.54) is 0 Å². The number of carbonyl (C=O) groups is 4. The van der Waals surface area contributed by atoms with Crippen molar-refractivity contribution >= 4 is 23.9 Å². The molecule has 0 aromatic heterocycles. The summed E-state index contributed by atoms with van der Waals surface area (Å²) in [6.45, 7) is 3.83. The minimum absolute atomic E-state index is 0.0195. The fourth-order valence-electron chi connectivity index (χ4n) is 3.22. The van der Waals surface area contributed by atoms with Crippen LogP contribution in [0, 0.1) is 5.92 Å². The van der Waals surface area contributed by atoms with Crippen molar-refractivity contribution < 1.29 is 33.8 Å². The molecule has 0 fully saturated rings. The monoisotopic (exact) mass is 484 g/mol. The molecule has 3 N–H and O–H groups in total. The van der Waals surface area contributed by atoms with Crippen LogP contribution in [0.5, 0.6) is 0 Å². The first-order valence-corrected chi connectivity index (χ1v) is 11.4. The molecule has 0 aliphatic carbocycles. The summed E-state index contributed by atoms with van der Waals surface area (Å²) in [5, 5.41) is 14.0. The summed E-state index contributed by atoms with van der Waals surface area (Å²) in [7, 11) is 0. The minimum atomic E-state index is -1.20. The molecule has 0 aliphatic heterocycles. The topological polar surface area (TPSA) is 131 Å². The lowest BCUT2D eigenvalue weighted by Gasteiger charge is -2.22. The van der Waals surface area contributed by atoms with Gasteiger partial charge in [0.1, 0.15) is 25.3 Å². The number of carboxylic acids is 1. The van der Waals surface area contributed by atoms with Crippen LogP contribution in [0.4, 0.5) is 4.79 Å². The van der Waals surface area contributed by atoms with Crippen LogP contribution in [0.25, 0.3) is 0 Å². The maximum Gasteiger partial charge on any atom is 0.329 e. The number of amides is 2. The van der Waals surface area contributed by atoms with E-state index in [4.69, 9.17) is 14.6 Å². The van der Waals surface area contributed by atoms with Gasteiger partial charge < -0.3 is 25.2 Å². The fourth-order valence-corrected chi connectivity index (χ4v) is 3.22. The number of rotatable bonds is 13. The Morgan fingerprint density at radius 2 is 1.23 bits per heavy atom. The van der Waals surface area contributed by atoms with E-state index in [1.807, 2.05) is 50.2 Å². The van der Waals surface area contributed by atoms with Gasteiger partial charge in [0.25, 0.3) is 0 Å². The van der Waals surface area contributed by atoms with E-state index in [2.05, 4.69) is 10.6 Å². The first kappa shape index (κ1) is 27.4. The van der Waals surface area contributed by atoms with Crippen molar-refractivity contribution in [1.82, 2.24) is 10.6 Å². The molecule has 188 valence electrons. The van der Waals surface area contributed by atoms with Gasteiger partial charge in [0.2, 0.25) is 0 Å². The molecule has 0 saturated carbocycles. The Morgan fingerprint density at radius 3 is 1.69 bits per heavy atom. The van der Waals surface area contributed by atoms with E-state index < -0.39 is 36.0 Å². The van der Waals surface area contributed by atoms with Crippen LogP contribution in [0.1, 0.15) is 44.2 Å². The number of hydrogen-bond acceptors (Lipinski definition) is 6. The minimum Gasteiger partial charge on any atom is -0.481 e. The third kappa shape index (κ3) is 10.7. The van der Waals surface area contributed by atoms with Crippen molar-refractivity contribution in [3.63, 3.8) is 0 Å². The molecule has 9 nitrogen and oxygen atoms in total. The number of carboxylic acid groups (broad SMARTS) is 1. The van der Waals surface area contributed by atoms with Crippen molar-refractivity contribution in [3.8, 4) is 0 Å². The average Bonchev–Trinajstić information content (AvgIpc) is 2.84. The number of benzene rings is 2. The molecule has 0 saturated heterocycles. The summed E-state index contributed by atoms with van der Waals surface area (Å²) in [5.74, 6) is -2.41. The first-order valence-electron chi connectivity index (χ1n) is 11.4. The molecule has 0 heterocycles. The molecule has 2 aromatic carbocycles. The highest BCUT2D eigenvalue weighted by atomic mass is 16.5. The van der Waals surface area contributed by atoms with Crippen LogP contribution < -0.4 is 10.6 Å². The molecule has 0 bridgehead atoms. The highest BCUT2D eigenvalue weighted by Crippen LogP contribution is 2.10. The van der Waals surface area contributed by atoms with E-state index in [-0.39, 0.29) is 32.0 Å². The zero-order valence-corrected chi connectivity index (χ0v) is 19.9. The van der Waals surface area contributed by atoms with Gasteiger partial charge in [-0.05, 0) is 29.9 Å². The lowest BCUT2D eigenvalue weighted by molar-refractivity contribution is -0.148. The van der Waals surface area contributed by atoms with Crippen molar-refractivity contribution in [2.45, 2.75) is 58.4 Å². The SMILES string of the molecule is CC(C)C[C@H](NC(=O)N[C@@H](CCC(=O)O)C(=O)OCc1ccccc1)C(=O)OCc1ccccc1. The summed E-state index contributed by atoms with van der Waals surface area (Å²) in [4.78, 5) is 48.9. The number of carbonyl (C=O) groups excluding carboxylic acids is 3. The Bertz CT molecular complexity index is 964. The van der Waals surface area contributed by atoms with Gasteiger partial charge in [-0.15, -0.1) is 0 Å². The molecule has 2 atom stereocenters. The lowest BCUT2D eigenvalue weighted by atomic mass is 10.0. The van der Waals surface area contributed by atoms with Gasteiger partial charge in [0, 0.05) is 6.42 Å². The van der Waals surface area contributed by atoms with E-state index in [9.17, 15) is 19.2 Å². The molecule has 2 amide bonds. The van der Waals surface area contributed by atoms with Gasteiger partial charge in [0.05, 0.1) is 0 Å². The second-order valence-corrected chi connectivity index (χ2v) is 8.47. The molecule has 0 radical (unpaired) electrons. The second kappa shape index (κ2) is 14.4. The Morgan fingerprint density at radius 1 is 0.771 bits per heavy atom. The molecule has 0 spiro atoms. The molecule has 0 aliphatic rings. The molecule has 9 heteroatoms. The van der Waals surface area contributed by atoms with Gasteiger partial charge >= 0.3 is 23.9 Å². The van der Waals surface area contributed by atoms with Crippen molar-refractivity contribution in [2.75, 3.05) is 0 Å². The molecule has 2 rings (SSSR count). The largest absolute Gasteiger partial charge is 0.481 e. The third-order valence-electron chi connectivity index (χ3n) is 4.98. The van der Waals surface area contributed by atoms with Gasteiger partial charge in [-0.25, -0.2) is 14.4 Å². The average molecular weight is 485 g/mol. The number of nitrogens with one attached hydrogen (secondary N) is 2. The Labute approximate surface area is 204 Å². The highest BCUT2D eigenvalue weighted by molar-refractivity contribution is 5.87. The second-order valence-electron chi connectivity index (χ2n) is 8.47. The van der Waals surface area contributed by atoms with Crippen LogP contribution in [0.2, 0.25) is 0 Å². The zero-order valence-electron chi connectivity index (χ0n) is 19.9. The van der Waals surface area contributed by atoms with Crippen LogP contribution in [0.15, 0.2) is 60.7 Å². The summed E-state index contributed by atoms with van der Waals surface area (Å²) < 4.78 is 10.6. The van der Waals surface area contributed by atoms with E-state index >= 15 is 0 Å². The number of esters is 2. The van der Waals surface area contributed by atoms with Crippen molar-refractivity contribution in [2.24, 2.45) is 5.92 Å². The van der Waals surface area contributed by atoms with Crippen LogP contribution in [-0.4, -0.2) is 41.1 Å². The van der Waals surface area contributed by atoms with Gasteiger partial charge in [-0.2, -0.15) is 0 Å². The molecule has 35 heavy (non-hydrogen) atoms. The number of urea groups is 1. The molecule has 0 unspecified atom stereocenters. The van der Waals surface area contributed by atoms with E-state index in [0.29, 0.717) is 6.42 Å². The maximum absolute atomic E-state index is 12.7. The van der Waals surface area contributed by atoms with Gasteiger partial charge in [0.15, 0.2) is 0 Å². The third-order valence-corrected chi connectivity index (χ3v) is 4.98. The molecular formula is C26H32N2O7. The zero-order chi connectivity index (χ0) is 25.6. The van der Waals surface area contributed by atoms with Crippen molar-refractivity contribution in [3.05, 3.63) is 71.8 Å². The van der Waals surface area contributed by atoms with E-state index in [0.717, 1.165) is 11.1 Å². The predicted octanol–water partition coefficient (Wildman–Crippen LogP) is 3.42. The van der Waals surface area contributed by atoms with Gasteiger partial charge in [-0.3, -0.25) is 4.79 Å². The summed E-state index contributed by atoms with van der Waals surface area (Å²) in [6, 6.07) is 15.2. The summed E-state index contributed by atoms with van der Waals surface area (Å²) >= 11 is 0. The Balaban J connectivity index is 1.98. The van der Waals surface area contributed by atoms with E-state index in [1.54, 1.807) is 24.3 Å². The number of aliphatic carboxylic acids is 1. The molecular weight excluding hydrogens is 452 g/mol. The smallest absolute Gasteiger partial charge is 0.329 e. The maximum atomic E-state index is 12.7. The quantitative estimate of drug-likeness (QED) is 0.371. The van der Waals surface area contributed by atoms with Crippen LogP contribution in [0.3, 0.4) is 0 Å².